The van der Waals surface area contributed by atoms with Gasteiger partial charge in [-0.2, -0.15) is 0 Å². The van der Waals surface area contributed by atoms with Crippen molar-refractivity contribution in [2.75, 3.05) is 32.8 Å². The largest absolute Gasteiger partial charge is 0.488 e. The fourth-order valence-corrected chi connectivity index (χ4v) is 7.56. The van der Waals surface area contributed by atoms with Crippen molar-refractivity contribution < 1.29 is 14.3 Å². The fraction of sp³-hybridized carbons (Fsp3) is 0.556. The number of hydrogen-bond acceptors (Lipinski definition) is 3. The molecule has 4 saturated carbocycles. The summed E-state index contributed by atoms with van der Waals surface area (Å²) < 4.78 is 5.76. The van der Waals surface area contributed by atoms with E-state index in [1.165, 1.54) is 19.3 Å². The van der Waals surface area contributed by atoms with Crippen LogP contribution in [0.3, 0.4) is 0 Å². The molecule has 5 fully saturated rings. The Morgan fingerprint density at radius 2 is 1.61 bits per heavy atom. The first kappa shape index (κ1) is 21.3. The molecule has 174 valence electrons. The van der Waals surface area contributed by atoms with E-state index >= 15 is 0 Å². The molecule has 5 nitrogen and oxygen atoms in total. The van der Waals surface area contributed by atoms with Crippen LogP contribution in [0.2, 0.25) is 5.02 Å². The van der Waals surface area contributed by atoms with Gasteiger partial charge in [0.25, 0.3) is 0 Å². The Kier molecular flexibility index (Phi) is 5.28. The van der Waals surface area contributed by atoms with E-state index in [2.05, 4.69) is 4.90 Å². The fourth-order valence-electron chi connectivity index (χ4n) is 7.38. The summed E-state index contributed by atoms with van der Waals surface area (Å²) >= 11 is 6.08. The van der Waals surface area contributed by atoms with E-state index in [0.29, 0.717) is 43.7 Å². The molecule has 2 aliphatic heterocycles. The number of piperazine rings is 1. The third-order valence-electron chi connectivity index (χ3n) is 8.52. The molecule has 0 N–H and O–H groups in total. The quantitative estimate of drug-likeness (QED) is 0.613. The molecule has 0 spiro atoms. The Hall–Kier alpha value is -2.27. The molecule has 0 radical (unpaired) electrons. The lowest BCUT2D eigenvalue weighted by Gasteiger charge is -2.57. The summed E-state index contributed by atoms with van der Waals surface area (Å²) in [6.45, 7) is 2.95. The molecule has 33 heavy (non-hydrogen) atoms. The molecular formula is C27H31ClN2O3. The van der Waals surface area contributed by atoms with Crippen LogP contribution in [-0.2, 0) is 9.59 Å². The molecule has 1 aromatic rings. The van der Waals surface area contributed by atoms with Gasteiger partial charge in [0.2, 0.25) is 11.8 Å². The number of hydrogen-bond donors (Lipinski definition) is 0. The van der Waals surface area contributed by atoms with E-state index in [4.69, 9.17) is 16.3 Å². The summed E-state index contributed by atoms with van der Waals surface area (Å²) in [5.74, 6) is 3.50. The minimum atomic E-state index is -0.0898. The third-order valence-corrected chi connectivity index (χ3v) is 8.75. The van der Waals surface area contributed by atoms with Gasteiger partial charge in [0, 0.05) is 42.8 Å². The Balaban J connectivity index is 1.06. The number of carbonyl (C=O) groups is 2. The van der Waals surface area contributed by atoms with E-state index in [-0.39, 0.29) is 11.3 Å². The second-order valence-electron chi connectivity index (χ2n) is 10.8. The summed E-state index contributed by atoms with van der Waals surface area (Å²) in [7, 11) is 0. The molecule has 6 heteroatoms. The van der Waals surface area contributed by atoms with Crippen molar-refractivity contribution >= 4 is 29.5 Å². The number of halogens is 1. The van der Waals surface area contributed by atoms with Crippen LogP contribution in [0.1, 0.15) is 44.1 Å². The van der Waals surface area contributed by atoms with E-state index in [9.17, 15) is 9.59 Å². The third kappa shape index (κ3) is 3.99. The van der Waals surface area contributed by atoms with Gasteiger partial charge in [0.05, 0.1) is 5.41 Å². The highest BCUT2D eigenvalue weighted by Crippen LogP contribution is 2.60. The molecule has 4 bridgehead atoms. The van der Waals surface area contributed by atoms with Crippen LogP contribution < -0.4 is 4.74 Å². The number of ether oxygens (including phenoxy) is 1. The molecular weight excluding hydrogens is 436 g/mol. The summed E-state index contributed by atoms with van der Waals surface area (Å²) in [6.07, 6.45) is 12.8. The Morgan fingerprint density at radius 3 is 2.27 bits per heavy atom. The van der Waals surface area contributed by atoms with E-state index < -0.39 is 0 Å². The van der Waals surface area contributed by atoms with Gasteiger partial charge in [0.15, 0.2) is 0 Å². The molecule has 0 unspecified atom stereocenters. The SMILES string of the molecule is O=C(/C=C/C1=Cc2cc(Cl)ccc2OC1)N1CCN(C(=O)C23CC4CC(CC(C4)C2)C3)CC1. The summed E-state index contributed by atoms with van der Waals surface area (Å²) in [4.78, 5) is 30.3. The molecule has 0 atom stereocenters. The molecule has 2 amide bonds. The van der Waals surface area contributed by atoms with Gasteiger partial charge in [-0.3, -0.25) is 9.59 Å². The Labute approximate surface area is 200 Å². The lowest BCUT2D eigenvalue weighted by molar-refractivity contribution is -0.160. The summed E-state index contributed by atoms with van der Waals surface area (Å²) in [6, 6.07) is 5.54. The van der Waals surface area contributed by atoms with Crippen LogP contribution in [-0.4, -0.2) is 54.4 Å². The zero-order valence-corrected chi connectivity index (χ0v) is 19.7. The lowest BCUT2D eigenvalue weighted by Crippen LogP contribution is -2.58. The van der Waals surface area contributed by atoms with E-state index in [1.807, 2.05) is 35.3 Å². The molecule has 1 aromatic carbocycles. The standard InChI is InChI=1S/C27H31ClN2O3/c28-23-2-3-24-22(13-23)12-18(17-33-24)1-4-25(31)29-5-7-30(8-6-29)26(32)27-14-19-9-20(15-27)11-21(10-19)16-27/h1-4,12-13,19-21H,5-11,14-17H2/b4-1+. The first-order chi connectivity index (χ1) is 16.0. The number of nitrogens with zero attached hydrogens (tertiary/aromatic N) is 2. The number of carbonyl (C=O) groups excluding carboxylic acids is 2. The minimum absolute atomic E-state index is 0.00491. The van der Waals surface area contributed by atoms with Crippen molar-refractivity contribution in [3.8, 4) is 5.75 Å². The van der Waals surface area contributed by atoms with Crippen LogP contribution in [0.25, 0.3) is 6.08 Å². The molecule has 6 aliphatic rings. The van der Waals surface area contributed by atoms with Crippen LogP contribution in [0.5, 0.6) is 5.75 Å². The summed E-state index contributed by atoms with van der Waals surface area (Å²) in [5, 5.41) is 0.663. The monoisotopic (exact) mass is 466 g/mol. The van der Waals surface area contributed by atoms with Gasteiger partial charge in [-0.1, -0.05) is 17.7 Å². The van der Waals surface area contributed by atoms with E-state index in [0.717, 1.165) is 53.9 Å². The van der Waals surface area contributed by atoms with Crippen molar-refractivity contribution in [1.82, 2.24) is 9.80 Å². The molecule has 1 saturated heterocycles. The highest BCUT2D eigenvalue weighted by atomic mass is 35.5. The zero-order valence-electron chi connectivity index (χ0n) is 19.0. The molecule has 7 rings (SSSR count). The number of benzene rings is 1. The van der Waals surface area contributed by atoms with Gasteiger partial charge < -0.3 is 14.5 Å². The normalized spacial score (nSPS) is 32.5. The van der Waals surface area contributed by atoms with Gasteiger partial charge >= 0.3 is 0 Å². The minimum Gasteiger partial charge on any atom is -0.488 e. The van der Waals surface area contributed by atoms with Crippen LogP contribution in [0, 0.1) is 23.2 Å². The van der Waals surface area contributed by atoms with Crippen LogP contribution in [0.15, 0.2) is 35.9 Å². The first-order valence-corrected chi connectivity index (χ1v) is 12.7. The summed E-state index contributed by atoms with van der Waals surface area (Å²) in [5.41, 5.74) is 1.78. The zero-order chi connectivity index (χ0) is 22.6. The maximum Gasteiger partial charge on any atom is 0.246 e. The van der Waals surface area contributed by atoms with Crippen LogP contribution >= 0.6 is 11.6 Å². The second kappa shape index (κ2) is 8.19. The van der Waals surface area contributed by atoms with Crippen LogP contribution in [0.4, 0.5) is 0 Å². The molecule has 4 aliphatic carbocycles. The first-order valence-electron chi connectivity index (χ1n) is 12.4. The highest BCUT2D eigenvalue weighted by Gasteiger charge is 2.55. The van der Waals surface area contributed by atoms with Crippen molar-refractivity contribution in [2.24, 2.45) is 23.2 Å². The highest BCUT2D eigenvalue weighted by molar-refractivity contribution is 6.30. The predicted molar refractivity (Wildman–Crippen MR) is 128 cm³/mol. The Morgan fingerprint density at radius 1 is 0.970 bits per heavy atom. The predicted octanol–water partition coefficient (Wildman–Crippen LogP) is 4.56. The average Bonchev–Trinajstić information content (AvgIpc) is 2.81. The van der Waals surface area contributed by atoms with Gasteiger partial charge in [0.1, 0.15) is 12.4 Å². The second-order valence-corrected chi connectivity index (χ2v) is 11.3. The molecule has 2 heterocycles. The topological polar surface area (TPSA) is 49.9 Å². The van der Waals surface area contributed by atoms with Crippen molar-refractivity contribution in [1.29, 1.82) is 0 Å². The number of amides is 2. The molecule has 0 aromatic heterocycles. The maximum absolute atomic E-state index is 13.6. The number of rotatable bonds is 3. The van der Waals surface area contributed by atoms with Crippen molar-refractivity contribution in [3.63, 3.8) is 0 Å². The van der Waals surface area contributed by atoms with E-state index in [1.54, 1.807) is 6.08 Å². The lowest BCUT2D eigenvalue weighted by atomic mass is 9.49. The Bertz CT molecular complexity index is 1000. The van der Waals surface area contributed by atoms with Gasteiger partial charge in [-0.05, 0) is 86.1 Å². The van der Waals surface area contributed by atoms with Gasteiger partial charge in [-0.25, -0.2) is 0 Å². The van der Waals surface area contributed by atoms with Crippen molar-refractivity contribution in [3.05, 3.63) is 46.5 Å². The number of fused-ring (bicyclic) bond motifs is 1. The average molecular weight is 467 g/mol. The van der Waals surface area contributed by atoms with Crippen molar-refractivity contribution in [2.45, 2.75) is 38.5 Å². The van der Waals surface area contributed by atoms with Gasteiger partial charge in [-0.15, -0.1) is 0 Å². The smallest absolute Gasteiger partial charge is 0.246 e. The maximum atomic E-state index is 13.6.